The lowest BCUT2D eigenvalue weighted by molar-refractivity contribution is -0.148. The second kappa shape index (κ2) is 4.83. The Morgan fingerprint density at radius 1 is 1.47 bits per heavy atom. The van der Waals surface area contributed by atoms with Crippen molar-refractivity contribution >= 4 is 5.91 Å². The first-order chi connectivity index (χ1) is 6.92. The van der Waals surface area contributed by atoms with Crippen LogP contribution >= 0.6 is 0 Å². The fourth-order valence-corrected chi connectivity index (χ4v) is 1.61. The van der Waals surface area contributed by atoms with E-state index < -0.39 is 24.9 Å². The molecule has 88 valence electrons. The van der Waals surface area contributed by atoms with E-state index in [1.807, 2.05) is 0 Å². The summed E-state index contributed by atoms with van der Waals surface area (Å²) < 4.78 is 35.5. The highest BCUT2D eigenvalue weighted by Gasteiger charge is 2.31. The van der Waals surface area contributed by atoms with Crippen molar-refractivity contribution in [2.75, 3.05) is 19.7 Å². The van der Waals surface area contributed by atoms with Crippen molar-refractivity contribution in [1.82, 2.24) is 4.90 Å². The van der Waals surface area contributed by atoms with Crippen LogP contribution in [0.25, 0.3) is 0 Å². The Bertz CT molecular complexity index is 230. The zero-order valence-electron chi connectivity index (χ0n) is 8.26. The average Bonchev–Trinajstić information content (AvgIpc) is 2.61. The number of rotatable bonds is 3. The van der Waals surface area contributed by atoms with E-state index >= 15 is 0 Å². The molecular formula is C9H14F3NO2. The van der Waals surface area contributed by atoms with Crippen LogP contribution in [0.1, 0.15) is 19.3 Å². The summed E-state index contributed by atoms with van der Waals surface area (Å²) in [7, 11) is 0. The summed E-state index contributed by atoms with van der Waals surface area (Å²) in [5, 5.41) is 8.81. The molecule has 6 heteroatoms. The van der Waals surface area contributed by atoms with E-state index in [4.69, 9.17) is 5.11 Å². The average molecular weight is 225 g/mol. The molecule has 0 aromatic heterocycles. The Hall–Kier alpha value is -0.780. The Morgan fingerprint density at radius 3 is 2.60 bits per heavy atom. The van der Waals surface area contributed by atoms with E-state index in [0.717, 1.165) is 0 Å². The highest BCUT2D eigenvalue weighted by molar-refractivity contribution is 5.76. The van der Waals surface area contributed by atoms with E-state index in [0.29, 0.717) is 19.5 Å². The van der Waals surface area contributed by atoms with Crippen molar-refractivity contribution in [3.05, 3.63) is 0 Å². The molecule has 15 heavy (non-hydrogen) atoms. The molecule has 1 N–H and O–H groups in total. The van der Waals surface area contributed by atoms with Gasteiger partial charge in [-0.05, 0) is 6.42 Å². The fourth-order valence-electron chi connectivity index (χ4n) is 1.61. The quantitative estimate of drug-likeness (QED) is 0.783. The highest BCUT2D eigenvalue weighted by Crippen LogP contribution is 2.23. The van der Waals surface area contributed by atoms with Crippen molar-refractivity contribution in [1.29, 1.82) is 0 Å². The van der Waals surface area contributed by atoms with Gasteiger partial charge in [-0.25, -0.2) is 0 Å². The molecule has 0 bridgehead atoms. The van der Waals surface area contributed by atoms with Crippen molar-refractivity contribution < 1.29 is 23.1 Å². The van der Waals surface area contributed by atoms with Gasteiger partial charge in [0.2, 0.25) is 5.91 Å². The minimum absolute atomic E-state index is 0.0109. The summed E-state index contributed by atoms with van der Waals surface area (Å²) in [5.74, 6) is -0.442. The molecule has 1 aliphatic heterocycles. The number of likely N-dealkylation sites (tertiary alicyclic amines) is 1. The van der Waals surface area contributed by atoms with Crippen LogP contribution in [0, 0.1) is 5.92 Å². The molecule has 1 aliphatic rings. The lowest BCUT2D eigenvalue weighted by Crippen LogP contribution is -2.30. The van der Waals surface area contributed by atoms with Gasteiger partial charge in [-0.2, -0.15) is 13.2 Å². The number of carbonyl (C=O) groups excluding carboxylic acids is 1. The molecule has 0 aromatic carbocycles. The largest absolute Gasteiger partial charge is 0.396 e. The number of alkyl halides is 3. The zero-order valence-corrected chi connectivity index (χ0v) is 8.26. The van der Waals surface area contributed by atoms with Crippen LogP contribution in [0.5, 0.6) is 0 Å². The summed E-state index contributed by atoms with van der Waals surface area (Å²) in [4.78, 5) is 12.7. The van der Waals surface area contributed by atoms with Crippen molar-refractivity contribution in [3.8, 4) is 0 Å². The Kier molecular flexibility index (Phi) is 3.96. The van der Waals surface area contributed by atoms with Gasteiger partial charge < -0.3 is 10.0 Å². The lowest BCUT2D eigenvalue weighted by atomic mass is 10.1. The van der Waals surface area contributed by atoms with Gasteiger partial charge in [0.1, 0.15) is 0 Å². The van der Waals surface area contributed by atoms with Crippen LogP contribution in [0.15, 0.2) is 0 Å². The maximum absolute atomic E-state index is 11.8. The standard InChI is InChI=1S/C9H14F3NO2/c10-9(11,12)3-1-8(15)13-4-2-7(5-13)6-14/h7,14H,1-6H2. The molecule has 1 amide bonds. The molecule has 0 aromatic rings. The van der Waals surface area contributed by atoms with Gasteiger partial charge in [0, 0.05) is 32.0 Å². The minimum atomic E-state index is -4.27. The molecule has 0 aliphatic carbocycles. The summed E-state index contributed by atoms with van der Waals surface area (Å²) >= 11 is 0. The lowest BCUT2D eigenvalue weighted by Gasteiger charge is -2.16. The molecule has 0 saturated carbocycles. The first kappa shape index (κ1) is 12.3. The third kappa shape index (κ3) is 4.07. The third-order valence-electron chi connectivity index (χ3n) is 2.52. The van der Waals surface area contributed by atoms with E-state index in [-0.39, 0.29) is 12.5 Å². The van der Waals surface area contributed by atoms with Crippen LogP contribution in [-0.2, 0) is 4.79 Å². The van der Waals surface area contributed by atoms with Crippen molar-refractivity contribution in [2.24, 2.45) is 5.92 Å². The number of nitrogens with zero attached hydrogens (tertiary/aromatic N) is 1. The molecule has 1 unspecified atom stereocenters. The van der Waals surface area contributed by atoms with Crippen LogP contribution < -0.4 is 0 Å². The molecule has 0 radical (unpaired) electrons. The smallest absolute Gasteiger partial charge is 0.389 e. The van der Waals surface area contributed by atoms with Gasteiger partial charge in [0.25, 0.3) is 0 Å². The predicted molar refractivity (Wildman–Crippen MR) is 47.1 cm³/mol. The summed E-state index contributed by atoms with van der Waals surface area (Å²) in [6, 6.07) is 0. The molecule has 1 saturated heterocycles. The third-order valence-corrected chi connectivity index (χ3v) is 2.52. The van der Waals surface area contributed by atoms with E-state index in [1.165, 1.54) is 4.90 Å². The summed E-state index contributed by atoms with van der Waals surface area (Å²) in [6.45, 7) is 0.832. The van der Waals surface area contributed by atoms with Crippen LogP contribution in [-0.4, -0.2) is 41.8 Å². The molecule has 1 rings (SSSR count). The number of aliphatic hydroxyl groups is 1. The Morgan fingerprint density at radius 2 is 2.13 bits per heavy atom. The number of hydrogen-bond donors (Lipinski definition) is 1. The second-order valence-corrected chi connectivity index (χ2v) is 3.79. The highest BCUT2D eigenvalue weighted by atomic mass is 19.4. The molecular weight excluding hydrogens is 211 g/mol. The maximum atomic E-state index is 11.8. The van der Waals surface area contributed by atoms with E-state index in [2.05, 4.69) is 0 Å². The molecule has 3 nitrogen and oxygen atoms in total. The molecule has 1 fully saturated rings. The normalized spacial score (nSPS) is 22.1. The zero-order chi connectivity index (χ0) is 11.5. The number of carbonyl (C=O) groups is 1. The number of halogens is 3. The van der Waals surface area contributed by atoms with Crippen LogP contribution in [0.4, 0.5) is 13.2 Å². The minimum Gasteiger partial charge on any atom is -0.396 e. The number of amides is 1. The number of hydrogen-bond acceptors (Lipinski definition) is 2. The predicted octanol–water partition coefficient (Wildman–Crippen LogP) is 1.17. The molecule has 0 spiro atoms. The molecule has 1 atom stereocenters. The number of aliphatic hydroxyl groups excluding tert-OH is 1. The summed E-state index contributed by atoms with van der Waals surface area (Å²) in [6.07, 6.45) is -5.15. The Balaban J connectivity index is 2.30. The first-order valence-corrected chi connectivity index (χ1v) is 4.88. The van der Waals surface area contributed by atoms with Gasteiger partial charge in [0.15, 0.2) is 0 Å². The second-order valence-electron chi connectivity index (χ2n) is 3.79. The van der Waals surface area contributed by atoms with Crippen molar-refractivity contribution in [2.45, 2.75) is 25.4 Å². The maximum Gasteiger partial charge on any atom is 0.389 e. The molecule has 1 heterocycles. The van der Waals surface area contributed by atoms with Crippen molar-refractivity contribution in [3.63, 3.8) is 0 Å². The van der Waals surface area contributed by atoms with Gasteiger partial charge >= 0.3 is 6.18 Å². The Labute approximate surface area is 85.9 Å². The van der Waals surface area contributed by atoms with E-state index in [9.17, 15) is 18.0 Å². The van der Waals surface area contributed by atoms with Crippen LogP contribution in [0.2, 0.25) is 0 Å². The van der Waals surface area contributed by atoms with E-state index in [1.54, 1.807) is 0 Å². The van der Waals surface area contributed by atoms with Gasteiger partial charge in [-0.15, -0.1) is 0 Å². The van der Waals surface area contributed by atoms with Crippen LogP contribution in [0.3, 0.4) is 0 Å². The van der Waals surface area contributed by atoms with Gasteiger partial charge in [0.05, 0.1) is 6.42 Å². The first-order valence-electron chi connectivity index (χ1n) is 4.88. The SMILES string of the molecule is O=C(CCC(F)(F)F)N1CCC(CO)C1. The fraction of sp³-hybridized carbons (Fsp3) is 0.889. The van der Waals surface area contributed by atoms with Gasteiger partial charge in [-0.3, -0.25) is 4.79 Å². The topological polar surface area (TPSA) is 40.5 Å². The van der Waals surface area contributed by atoms with Gasteiger partial charge in [-0.1, -0.05) is 0 Å². The monoisotopic (exact) mass is 225 g/mol. The summed E-state index contributed by atoms with van der Waals surface area (Å²) in [5.41, 5.74) is 0.